The van der Waals surface area contributed by atoms with Gasteiger partial charge in [-0.05, 0) is 217 Å². The Morgan fingerprint density at radius 2 is 0.382 bits per heavy atom. The third-order valence-corrected chi connectivity index (χ3v) is 19.3. The Bertz CT molecular complexity index is 6060. The van der Waals surface area contributed by atoms with Gasteiger partial charge in [0.05, 0.1) is 11.4 Å². The summed E-state index contributed by atoms with van der Waals surface area (Å²) in [5, 5.41) is 28.3. The van der Waals surface area contributed by atoms with Crippen LogP contribution in [-0.4, -0.2) is 35.5 Å². The second kappa shape index (κ2) is 49.2. The number of anilines is 6. The van der Waals surface area contributed by atoms with Crippen LogP contribution < -0.4 is 35.3 Å². The summed E-state index contributed by atoms with van der Waals surface area (Å²) in [5.74, 6) is 0. The number of hydrogen-bond donors (Lipinski definition) is 0. The van der Waals surface area contributed by atoms with E-state index in [0.717, 1.165) is 67.4 Å². The maximum absolute atomic E-state index is 11.7. The van der Waals surface area contributed by atoms with Gasteiger partial charge in [0.2, 0.25) is 0 Å². The Morgan fingerprint density at radius 3 is 0.562 bits per heavy atom. The van der Waals surface area contributed by atoms with Crippen LogP contribution in [-0.2, 0) is 147 Å². The number of aromatic nitrogens is 12. The first-order valence-electron chi connectivity index (χ1n) is 39.6. The molecule has 17 aromatic rings. The van der Waals surface area contributed by atoms with Gasteiger partial charge in [-0.15, -0.1) is 0 Å². The van der Waals surface area contributed by atoms with Crippen molar-refractivity contribution in [1.29, 1.82) is 0 Å². The molecular formula is C95H61Cu5F30N14+. The van der Waals surface area contributed by atoms with E-state index in [4.69, 9.17) is 9.97 Å². The van der Waals surface area contributed by atoms with E-state index >= 15 is 0 Å². The first kappa shape index (κ1) is 120. The van der Waals surface area contributed by atoms with Crippen molar-refractivity contribution < 1.29 is 217 Å². The van der Waals surface area contributed by atoms with Crippen molar-refractivity contribution in [3.05, 3.63) is 377 Å². The Morgan fingerprint density at radius 1 is 0.194 bits per heavy atom. The van der Waals surface area contributed by atoms with Crippen LogP contribution in [0.2, 0.25) is 0 Å². The van der Waals surface area contributed by atoms with Crippen LogP contribution in [0.1, 0.15) is 79.2 Å². The van der Waals surface area contributed by atoms with Crippen LogP contribution in [0, 0.1) is 27.7 Å². The van der Waals surface area contributed by atoms with Crippen molar-refractivity contribution in [1.82, 2.24) is 61.0 Å². The van der Waals surface area contributed by atoms with Crippen molar-refractivity contribution in [3.8, 4) is 44.8 Å². The predicted molar refractivity (Wildman–Crippen MR) is 451 cm³/mol. The van der Waals surface area contributed by atoms with E-state index in [0.29, 0.717) is 0 Å². The van der Waals surface area contributed by atoms with E-state index in [1.165, 1.54) is 55.3 Å². The van der Waals surface area contributed by atoms with E-state index in [9.17, 15) is 132 Å². The number of alkyl halides is 30. The molecule has 17 rings (SSSR count). The van der Waals surface area contributed by atoms with Gasteiger partial charge in [0.1, 0.15) is 28.5 Å². The third kappa shape index (κ3) is 33.4. The number of nitrogens with zero attached hydrogens (tertiary/aromatic N) is 14. The molecule has 144 heavy (non-hydrogen) atoms. The number of benzene rings is 10. The van der Waals surface area contributed by atoms with Crippen molar-refractivity contribution in [2.75, 3.05) is 9.80 Å². The predicted octanol–water partition coefficient (Wildman–Crippen LogP) is 29.7. The fourth-order valence-corrected chi connectivity index (χ4v) is 12.3. The minimum atomic E-state index is -4.89. The van der Waals surface area contributed by atoms with Gasteiger partial charge in [-0.2, -0.15) is 132 Å². The normalized spacial score (nSPS) is 11.7. The zero-order valence-corrected chi connectivity index (χ0v) is 77.1. The van der Waals surface area contributed by atoms with E-state index < -0.39 is 119 Å². The van der Waals surface area contributed by atoms with Crippen LogP contribution in [0.25, 0.3) is 66.3 Å². The smallest absolute Gasteiger partial charge is 0.571 e. The fourth-order valence-electron chi connectivity index (χ4n) is 12.3. The van der Waals surface area contributed by atoms with E-state index in [1.54, 1.807) is 0 Å². The van der Waals surface area contributed by atoms with E-state index in [1.807, 2.05) is 24.5 Å². The Hall–Kier alpha value is -12.8. The number of hydrogen-bond acceptors (Lipinski definition) is 9. The molecule has 7 aromatic heterocycles. The SMILES string of the molecule is Cc1ccc(N(c2ccc(C)cc2)c2ccc(-c3cccc(-c4cc5ccccc5cn4)c3)cc2)cc1.Cc1ccc(N(c2ccc(C)cc2)c2ccc(-c3cccc(-c4cc5ccccc5cn4)c3)cc2)cc1.FC(F)(F)c1cc(C(F)(F)F)[n-]n1.FC(F)(F)c1cc(C(F)(F)F)[n-]n1.FC(F)(F)c1cc(C(F)(F)F)[n-]n1.FC(F)(F)c1cc(C(F)(F)F)[n-]n1.FC(F)(F)c1cc(C(F)(F)F)[n-]n1.[Cu+2].[Cu+].[Cu+].[Cu+].[Cu+]. The molecule has 0 aliphatic carbocycles. The van der Waals surface area contributed by atoms with E-state index in [2.05, 4.69) is 331 Å². The van der Waals surface area contributed by atoms with Crippen LogP contribution in [0.15, 0.2) is 298 Å². The fraction of sp³-hybridized carbons (Fsp3) is 0.147. The first-order valence-corrected chi connectivity index (χ1v) is 39.6. The van der Waals surface area contributed by atoms with Gasteiger partial charge in [-0.3, -0.25) is 9.97 Å². The summed E-state index contributed by atoms with van der Waals surface area (Å²) < 4.78 is 352. The van der Waals surface area contributed by atoms with Crippen molar-refractivity contribution in [2.45, 2.75) is 89.5 Å². The van der Waals surface area contributed by atoms with Crippen molar-refractivity contribution in [2.24, 2.45) is 0 Å². The third-order valence-electron chi connectivity index (χ3n) is 19.3. The van der Waals surface area contributed by atoms with Gasteiger partial charge >= 0.3 is 147 Å². The van der Waals surface area contributed by atoms with Gasteiger partial charge in [0.15, 0.2) is 0 Å². The zero-order valence-electron chi connectivity index (χ0n) is 72.4. The summed E-state index contributed by atoms with van der Waals surface area (Å²) in [6, 6.07) is 90.0. The molecule has 0 N–H and O–H groups in total. The van der Waals surface area contributed by atoms with Crippen LogP contribution in [0.4, 0.5) is 166 Å². The molecule has 10 aromatic carbocycles. The average molecular weight is 2290 g/mol. The van der Waals surface area contributed by atoms with Crippen LogP contribution in [0.3, 0.4) is 0 Å². The average Bonchev–Trinajstić information content (AvgIpc) is 1.26. The Balaban J connectivity index is 0.000000273. The molecule has 7 heterocycles. The quantitative estimate of drug-likeness (QED) is 0.0937. The molecule has 0 saturated heterocycles. The molecule has 775 valence electrons. The van der Waals surface area contributed by atoms with Crippen LogP contribution >= 0.6 is 0 Å². The molecule has 49 heteroatoms. The second-order valence-electron chi connectivity index (χ2n) is 29.7. The molecule has 0 saturated carbocycles. The summed E-state index contributed by atoms with van der Waals surface area (Å²) >= 11 is 0. The van der Waals surface area contributed by atoms with Gasteiger partial charge < -0.3 is 60.8 Å². The topological polar surface area (TPSA) is 167 Å². The minimum absolute atomic E-state index is 0. The maximum Gasteiger partial charge on any atom is 2.00 e. The Labute approximate surface area is 849 Å². The van der Waals surface area contributed by atoms with Gasteiger partial charge in [-0.25, -0.2) is 0 Å². The molecule has 1 radical (unpaired) electrons. The van der Waals surface area contributed by atoms with E-state index in [-0.39, 0.29) is 116 Å². The molecule has 14 nitrogen and oxygen atoms in total. The number of halogens is 30. The largest absolute Gasteiger partial charge is 2.00 e. The Kier molecular flexibility index (Phi) is 40.9. The molecule has 0 bridgehead atoms. The summed E-state index contributed by atoms with van der Waals surface area (Å²) in [7, 11) is 0. The maximum atomic E-state index is 11.7. The molecule has 0 aliphatic heterocycles. The summed E-state index contributed by atoms with van der Waals surface area (Å²) in [5.41, 5.74) is 4.39. The molecule has 0 amide bonds. The molecule has 0 unspecified atom stereocenters. The number of rotatable bonds is 10. The standard InChI is InChI=1S/2C35H28N2.5C5HF6N2.5Cu/c2*1-25-10-16-32(17-11-25)37(33-18-12-26(2)13-19-33)34-20-14-27(15-21-34)28-8-5-9-30(22-28)35-23-29-6-3-4-7-31(29)24-36-35;5*6-4(7,8)2-1-3(13-12-2)5(9,10)11;;;;;/h2*3-24H,1-2H3;5*1H;;;;;/q;;5*-1;4*+1;+2. The molecule has 0 atom stereocenters. The van der Waals surface area contributed by atoms with Gasteiger partial charge in [0.25, 0.3) is 0 Å². The molecular weight excluding hydrogens is 2220 g/mol. The summed E-state index contributed by atoms with van der Waals surface area (Å²) in [4.78, 5) is 14.1. The second-order valence-corrected chi connectivity index (χ2v) is 29.7. The monoisotopic (exact) mass is 2280 g/mol. The molecule has 0 fully saturated rings. The zero-order chi connectivity index (χ0) is 102. The summed E-state index contributed by atoms with van der Waals surface area (Å²) in [6.07, 6.45) is -45.0. The van der Waals surface area contributed by atoms with Crippen molar-refractivity contribution in [3.63, 3.8) is 0 Å². The molecule has 0 aliphatic rings. The number of pyridine rings is 2. The summed E-state index contributed by atoms with van der Waals surface area (Å²) in [6.45, 7) is 8.49. The number of aryl methyl sites for hydroxylation is 4. The minimum Gasteiger partial charge on any atom is -0.571 e. The van der Waals surface area contributed by atoms with Crippen molar-refractivity contribution >= 4 is 55.7 Å². The molecule has 0 spiro atoms. The van der Waals surface area contributed by atoms with Crippen LogP contribution in [0.5, 0.6) is 0 Å². The first-order chi connectivity index (χ1) is 64.8. The number of fused-ring (bicyclic) bond motifs is 2. The van der Waals surface area contributed by atoms with Gasteiger partial charge in [-0.1, -0.05) is 180 Å². The van der Waals surface area contributed by atoms with Gasteiger partial charge in [0, 0.05) is 68.4 Å².